The number of anilines is 1. The Morgan fingerprint density at radius 3 is 2.62 bits per heavy atom. The lowest BCUT2D eigenvalue weighted by Crippen LogP contribution is -2.48. The lowest BCUT2D eigenvalue weighted by molar-refractivity contribution is 0.0635. The molecule has 21 heavy (non-hydrogen) atoms. The van der Waals surface area contributed by atoms with Crippen molar-refractivity contribution in [2.45, 2.75) is 30.9 Å². The maximum Gasteiger partial charge on any atom is 0.0869 e. The monoisotopic (exact) mass is 326 g/mol. The SMILES string of the molecule is OC1(CNC2CCN(c3ccc(Cl)cc3)CC2)CCSC1. The molecule has 3 nitrogen and oxygen atoms in total. The van der Waals surface area contributed by atoms with E-state index in [0.717, 1.165) is 55.4 Å². The molecule has 0 spiro atoms. The van der Waals surface area contributed by atoms with E-state index in [-0.39, 0.29) is 0 Å². The first-order chi connectivity index (χ1) is 10.1. The molecule has 2 heterocycles. The highest BCUT2D eigenvalue weighted by atomic mass is 35.5. The second-order valence-electron chi connectivity index (χ2n) is 6.15. The standard InChI is InChI=1S/C16H23ClN2OS/c17-13-1-3-15(4-2-13)19-8-5-14(6-9-19)18-11-16(20)7-10-21-12-16/h1-4,14,18,20H,5-12H2. The lowest BCUT2D eigenvalue weighted by Gasteiger charge is -2.35. The van der Waals surface area contributed by atoms with Crippen LogP contribution in [0, 0.1) is 0 Å². The van der Waals surface area contributed by atoms with E-state index in [0.29, 0.717) is 6.04 Å². The van der Waals surface area contributed by atoms with Crippen LogP contribution in [-0.4, -0.2) is 47.9 Å². The number of benzene rings is 1. The maximum atomic E-state index is 10.4. The number of nitrogens with zero attached hydrogens (tertiary/aromatic N) is 1. The fraction of sp³-hybridized carbons (Fsp3) is 0.625. The molecule has 0 radical (unpaired) electrons. The molecule has 1 atom stereocenters. The third kappa shape index (κ3) is 4.07. The topological polar surface area (TPSA) is 35.5 Å². The van der Waals surface area contributed by atoms with Crippen LogP contribution in [0.4, 0.5) is 5.69 Å². The average Bonchev–Trinajstić information content (AvgIpc) is 2.94. The van der Waals surface area contributed by atoms with Crippen molar-refractivity contribution in [3.63, 3.8) is 0 Å². The van der Waals surface area contributed by atoms with E-state index >= 15 is 0 Å². The van der Waals surface area contributed by atoms with Gasteiger partial charge in [0, 0.05) is 42.1 Å². The first-order valence-electron chi connectivity index (χ1n) is 7.69. The molecule has 2 aliphatic heterocycles. The van der Waals surface area contributed by atoms with Crippen molar-refractivity contribution in [2.75, 3.05) is 36.0 Å². The van der Waals surface area contributed by atoms with E-state index in [2.05, 4.69) is 22.3 Å². The molecule has 116 valence electrons. The van der Waals surface area contributed by atoms with E-state index in [9.17, 15) is 5.11 Å². The molecule has 2 fully saturated rings. The molecule has 2 saturated heterocycles. The molecular weight excluding hydrogens is 304 g/mol. The van der Waals surface area contributed by atoms with E-state index in [4.69, 9.17) is 11.6 Å². The highest BCUT2D eigenvalue weighted by molar-refractivity contribution is 7.99. The summed E-state index contributed by atoms with van der Waals surface area (Å²) in [5.74, 6) is 1.97. The Hall–Kier alpha value is -0.420. The molecule has 2 aliphatic rings. The van der Waals surface area contributed by atoms with Gasteiger partial charge in [0.2, 0.25) is 0 Å². The number of aliphatic hydroxyl groups is 1. The first kappa shape index (κ1) is 15.5. The summed E-state index contributed by atoms with van der Waals surface area (Å²) in [6, 6.07) is 8.62. The van der Waals surface area contributed by atoms with Gasteiger partial charge < -0.3 is 15.3 Å². The van der Waals surface area contributed by atoms with E-state index in [1.165, 1.54) is 5.69 Å². The van der Waals surface area contributed by atoms with Crippen molar-refractivity contribution < 1.29 is 5.11 Å². The molecule has 1 unspecified atom stereocenters. The van der Waals surface area contributed by atoms with Crippen molar-refractivity contribution >= 4 is 29.1 Å². The summed E-state index contributed by atoms with van der Waals surface area (Å²) in [5, 5.41) is 14.7. The molecular formula is C16H23ClN2OS. The van der Waals surface area contributed by atoms with Gasteiger partial charge in [-0.05, 0) is 49.3 Å². The second kappa shape index (κ2) is 6.78. The predicted octanol–water partition coefficient (Wildman–Crippen LogP) is 2.77. The van der Waals surface area contributed by atoms with Gasteiger partial charge in [0.25, 0.3) is 0 Å². The van der Waals surface area contributed by atoms with Crippen LogP contribution in [0.15, 0.2) is 24.3 Å². The van der Waals surface area contributed by atoms with Crippen molar-refractivity contribution in [2.24, 2.45) is 0 Å². The number of hydrogen-bond donors (Lipinski definition) is 2. The highest BCUT2D eigenvalue weighted by Gasteiger charge is 2.32. The third-order valence-electron chi connectivity index (χ3n) is 4.49. The van der Waals surface area contributed by atoms with Gasteiger partial charge >= 0.3 is 0 Å². The van der Waals surface area contributed by atoms with Gasteiger partial charge in [-0.2, -0.15) is 11.8 Å². The molecule has 0 amide bonds. The number of rotatable bonds is 4. The van der Waals surface area contributed by atoms with Crippen molar-refractivity contribution in [3.8, 4) is 0 Å². The summed E-state index contributed by atoms with van der Waals surface area (Å²) < 4.78 is 0. The minimum Gasteiger partial charge on any atom is -0.388 e. The Morgan fingerprint density at radius 1 is 1.29 bits per heavy atom. The summed E-state index contributed by atoms with van der Waals surface area (Å²) in [6.07, 6.45) is 3.19. The van der Waals surface area contributed by atoms with Crippen LogP contribution in [0.1, 0.15) is 19.3 Å². The molecule has 1 aromatic rings. The zero-order valence-corrected chi connectivity index (χ0v) is 13.8. The van der Waals surface area contributed by atoms with Crippen LogP contribution in [0.5, 0.6) is 0 Å². The largest absolute Gasteiger partial charge is 0.388 e. The normalized spacial score (nSPS) is 27.2. The number of piperidine rings is 1. The minimum atomic E-state index is -0.474. The van der Waals surface area contributed by atoms with Gasteiger partial charge in [-0.1, -0.05) is 11.6 Å². The lowest BCUT2D eigenvalue weighted by atomic mass is 10.0. The van der Waals surface area contributed by atoms with Gasteiger partial charge in [0.05, 0.1) is 5.60 Å². The average molecular weight is 327 g/mol. The Balaban J connectivity index is 1.45. The van der Waals surface area contributed by atoms with Crippen molar-refractivity contribution in [3.05, 3.63) is 29.3 Å². The number of thioether (sulfide) groups is 1. The highest BCUT2D eigenvalue weighted by Crippen LogP contribution is 2.28. The molecule has 0 aromatic heterocycles. The Kier molecular flexibility index (Phi) is 4.99. The zero-order valence-electron chi connectivity index (χ0n) is 12.2. The van der Waals surface area contributed by atoms with E-state index < -0.39 is 5.60 Å². The second-order valence-corrected chi connectivity index (χ2v) is 7.69. The Morgan fingerprint density at radius 2 is 2.00 bits per heavy atom. The smallest absolute Gasteiger partial charge is 0.0869 e. The number of nitrogens with one attached hydrogen (secondary N) is 1. The Bertz CT molecular complexity index is 454. The summed E-state index contributed by atoms with van der Waals surface area (Å²) in [4.78, 5) is 2.41. The van der Waals surface area contributed by atoms with Crippen LogP contribution >= 0.6 is 23.4 Å². The molecule has 2 N–H and O–H groups in total. The number of hydrogen-bond acceptors (Lipinski definition) is 4. The molecule has 1 aromatic carbocycles. The van der Waals surface area contributed by atoms with E-state index in [1.807, 2.05) is 23.9 Å². The maximum absolute atomic E-state index is 10.4. The van der Waals surface area contributed by atoms with E-state index in [1.54, 1.807) is 0 Å². The summed E-state index contributed by atoms with van der Waals surface area (Å²) in [6.45, 7) is 2.87. The van der Waals surface area contributed by atoms with Crippen molar-refractivity contribution in [1.29, 1.82) is 0 Å². The third-order valence-corrected chi connectivity index (χ3v) is 5.98. The summed E-state index contributed by atoms with van der Waals surface area (Å²) in [5.41, 5.74) is 0.779. The van der Waals surface area contributed by atoms with Crippen LogP contribution < -0.4 is 10.2 Å². The first-order valence-corrected chi connectivity index (χ1v) is 9.22. The van der Waals surface area contributed by atoms with Crippen LogP contribution in [-0.2, 0) is 0 Å². The molecule has 5 heteroatoms. The minimum absolute atomic E-state index is 0.474. The van der Waals surface area contributed by atoms with Gasteiger partial charge in [0.15, 0.2) is 0 Å². The van der Waals surface area contributed by atoms with Gasteiger partial charge in [-0.3, -0.25) is 0 Å². The Labute approximate surface area is 136 Å². The quantitative estimate of drug-likeness (QED) is 0.892. The van der Waals surface area contributed by atoms with Gasteiger partial charge in [-0.25, -0.2) is 0 Å². The van der Waals surface area contributed by atoms with Crippen LogP contribution in [0.2, 0.25) is 5.02 Å². The molecule has 0 aliphatic carbocycles. The fourth-order valence-electron chi connectivity index (χ4n) is 3.06. The summed E-state index contributed by atoms with van der Waals surface area (Å²) in [7, 11) is 0. The van der Waals surface area contributed by atoms with Crippen LogP contribution in [0.3, 0.4) is 0 Å². The molecule has 0 bridgehead atoms. The zero-order chi connectivity index (χ0) is 14.7. The van der Waals surface area contributed by atoms with Gasteiger partial charge in [-0.15, -0.1) is 0 Å². The predicted molar refractivity (Wildman–Crippen MR) is 91.6 cm³/mol. The van der Waals surface area contributed by atoms with Crippen LogP contribution in [0.25, 0.3) is 0 Å². The van der Waals surface area contributed by atoms with Crippen molar-refractivity contribution in [1.82, 2.24) is 5.32 Å². The van der Waals surface area contributed by atoms with Gasteiger partial charge in [0.1, 0.15) is 0 Å². The summed E-state index contributed by atoms with van der Waals surface area (Å²) >= 11 is 7.79. The fourth-order valence-corrected chi connectivity index (χ4v) is 4.48. The number of halogens is 1. The molecule has 0 saturated carbocycles. The molecule has 3 rings (SSSR count).